The first-order valence-corrected chi connectivity index (χ1v) is 6.06. The molecule has 0 saturated heterocycles. The van der Waals surface area contributed by atoms with Crippen LogP contribution in [0.15, 0.2) is 41.9 Å². The number of benzene rings is 1. The molecule has 0 atom stereocenters. The van der Waals surface area contributed by atoms with Gasteiger partial charge in [0.1, 0.15) is 5.88 Å². The third-order valence-electron chi connectivity index (χ3n) is 2.05. The van der Waals surface area contributed by atoms with Crippen LogP contribution in [0.3, 0.4) is 0 Å². The molecule has 0 aromatic heterocycles. The second kappa shape index (κ2) is 3.46. The molecule has 1 aliphatic rings. The smallest absolute Gasteiger partial charge is 0.191 e. The molecule has 0 radical (unpaired) electrons. The molecule has 1 aromatic rings. The van der Waals surface area contributed by atoms with Crippen LogP contribution in [0.4, 0.5) is 0 Å². The first kappa shape index (κ1) is 9.27. The highest BCUT2D eigenvalue weighted by Gasteiger charge is 2.17. The normalized spacial score (nSPS) is 18.7. The van der Waals surface area contributed by atoms with Gasteiger partial charge in [-0.15, -0.1) is 0 Å². The maximum absolute atomic E-state index is 11.1. The Morgan fingerprint density at radius 3 is 2.50 bits per heavy atom. The monoisotopic (exact) mass is 209 g/mol. The highest BCUT2D eigenvalue weighted by Crippen LogP contribution is 2.12. The average Bonchev–Trinajstić information content (AvgIpc) is 2.47. The Kier molecular flexibility index (Phi) is 2.29. The summed E-state index contributed by atoms with van der Waals surface area (Å²) in [6.45, 7) is 0.649. The van der Waals surface area contributed by atoms with Crippen LogP contribution in [-0.4, -0.2) is 19.2 Å². The van der Waals surface area contributed by atoms with Gasteiger partial charge in [0.2, 0.25) is 0 Å². The SMILES string of the molecule is O=S1(=O)C=CN(Cc2ccccc2)C1. The number of nitrogens with zero attached hydrogens (tertiary/aromatic N) is 1. The van der Waals surface area contributed by atoms with Crippen molar-refractivity contribution >= 4 is 9.84 Å². The zero-order valence-corrected chi connectivity index (χ0v) is 8.44. The van der Waals surface area contributed by atoms with Gasteiger partial charge in [-0.1, -0.05) is 30.3 Å². The molecule has 3 nitrogen and oxygen atoms in total. The van der Waals surface area contributed by atoms with E-state index in [1.165, 1.54) is 5.41 Å². The minimum Gasteiger partial charge on any atom is -0.358 e. The fourth-order valence-electron chi connectivity index (χ4n) is 1.41. The van der Waals surface area contributed by atoms with Crippen molar-refractivity contribution < 1.29 is 8.42 Å². The van der Waals surface area contributed by atoms with E-state index in [-0.39, 0.29) is 5.88 Å². The van der Waals surface area contributed by atoms with Crippen LogP contribution < -0.4 is 0 Å². The summed E-state index contributed by atoms with van der Waals surface area (Å²) in [6.07, 6.45) is 1.63. The van der Waals surface area contributed by atoms with Gasteiger partial charge in [-0.25, -0.2) is 8.42 Å². The summed E-state index contributed by atoms with van der Waals surface area (Å²) in [5.74, 6) is 0.0991. The Morgan fingerprint density at radius 1 is 1.21 bits per heavy atom. The number of hydrogen-bond acceptors (Lipinski definition) is 3. The summed E-state index contributed by atoms with van der Waals surface area (Å²) in [5, 5.41) is 1.26. The largest absolute Gasteiger partial charge is 0.358 e. The zero-order valence-electron chi connectivity index (χ0n) is 7.63. The molecule has 1 aromatic carbocycles. The van der Waals surface area contributed by atoms with Crippen LogP contribution >= 0.6 is 0 Å². The minimum atomic E-state index is -2.97. The highest BCUT2D eigenvalue weighted by atomic mass is 32.2. The third kappa shape index (κ3) is 2.14. The summed E-state index contributed by atoms with van der Waals surface area (Å²) in [5.41, 5.74) is 1.12. The summed E-state index contributed by atoms with van der Waals surface area (Å²) >= 11 is 0. The van der Waals surface area contributed by atoms with Gasteiger partial charge < -0.3 is 4.90 Å². The van der Waals surface area contributed by atoms with Crippen LogP contribution in [0.25, 0.3) is 0 Å². The van der Waals surface area contributed by atoms with E-state index in [1.54, 1.807) is 11.1 Å². The Hall–Kier alpha value is -1.29. The summed E-state index contributed by atoms with van der Waals surface area (Å²) < 4.78 is 22.2. The standard InChI is InChI=1S/C10H11NO2S/c12-14(13)7-6-11(9-14)8-10-4-2-1-3-5-10/h1-7H,8-9H2. The summed E-state index contributed by atoms with van der Waals surface area (Å²) in [4.78, 5) is 1.78. The molecular formula is C10H11NO2S. The van der Waals surface area contributed by atoms with E-state index in [0.29, 0.717) is 6.54 Å². The maximum Gasteiger partial charge on any atom is 0.191 e. The van der Waals surface area contributed by atoms with E-state index in [2.05, 4.69) is 0 Å². The van der Waals surface area contributed by atoms with Gasteiger partial charge >= 0.3 is 0 Å². The van der Waals surface area contributed by atoms with Crippen molar-refractivity contribution in [2.45, 2.75) is 6.54 Å². The van der Waals surface area contributed by atoms with Crippen molar-refractivity contribution in [3.8, 4) is 0 Å². The second-order valence-corrected chi connectivity index (χ2v) is 5.17. The molecule has 0 unspecified atom stereocenters. The van der Waals surface area contributed by atoms with Gasteiger partial charge in [-0.2, -0.15) is 0 Å². The van der Waals surface area contributed by atoms with Crippen molar-refractivity contribution in [2.75, 3.05) is 5.88 Å². The van der Waals surface area contributed by atoms with Crippen molar-refractivity contribution in [3.63, 3.8) is 0 Å². The number of rotatable bonds is 2. The minimum absolute atomic E-state index is 0.0991. The molecule has 0 fully saturated rings. The summed E-state index contributed by atoms with van der Waals surface area (Å²) in [6, 6.07) is 9.81. The van der Waals surface area contributed by atoms with Gasteiger partial charge in [-0.05, 0) is 5.56 Å². The van der Waals surface area contributed by atoms with E-state index >= 15 is 0 Å². The maximum atomic E-state index is 11.1. The van der Waals surface area contributed by atoms with Gasteiger partial charge in [0.05, 0.1) is 0 Å². The molecule has 4 heteroatoms. The molecule has 14 heavy (non-hydrogen) atoms. The van der Waals surface area contributed by atoms with E-state index in [4.69, 9.17) is 0 Å². The number of hydrogen-bond donors (Lipinski definition) is 0. The lowest BCUT2D eigenvalue weighted by Crippen LogP contribution is -2.17. The van der Waals surface area contributed by atoms with Crippen LogP contribution in [0.1, 0.15) is 5.56 Å². The molecule has 0 aliphatic carbocycles. The average molecular weight is 209 g/mol. The molecule has 0 bridgehead atoms. The molecule has 1 heterocycles. The Bertz CT molecular complexity index is 436. The Morgan fingerprint density at radius 2 is 1.93 bits per heavy atom. The Balaban J connectivity index is 2.05. The lowest BCUT2D eigenvalue weighted by molar-refractivity contribution is 0.431. The van der Waals surface area contributed by atoms with Crippen molar-refractivity contribution in [1.29, 1.82) is 0 Å². The van der Waals surface area contributed by atoms with E-state index < -0.39 is 9.84 Å². The van der Waals surface area contributed by atoms with Crippen molar-refractivity contribution in [1.82, 2.24) is 4.90 Å². The van der Waals surface area contributed by atoms with Crippen LogP contribution in [0.5, 0.6) is 0 Å². The molecule has 0 amide bonds. The van der Waals surface area contributed by atoms with Gasteiger partial charge in [0.15, 0.2) is 9.84 Å². The quantitative estimate of drug-likeness (QED) is 0.737. The van der Waals surface area contributed by atoms with Crippen LogP contribution in [0, 0.1) is 0 Å². The molecule has 0 N–H and O–H groups in total. The first-order valence-electron chi connectivity index (χ1n) is 4.35. The number of sulfone groups is 1. The van der Waals surface area contributed by atoms with Gasteiger partial charge in [-0.3, -0.25) is 0 Å². The topological polar surface area (TPSA) is 37.4 Å². The molecule has 0 saturated carbocycles. The van der Waals surface area contributed by atoms with Crippen LogP contribution in [0.2, 0.25) is 0 Å². The van der Waals surface area contributed by atoms with Crippen molar-refractivity contribution in [3.05, 3.63) is 47.5 Å². The molecule has 1 aliphatic heterocycles. The Labute approximate surface area is 83.6 Å². The predicted molar refractivity (Wildman–Crippen MR) is 54.9 cm³/mol. The molecule has 2 rings (SSSR count). The molecule has 0 spiro atoms. The zero-order chi connectivity index (χ0) is 10.0. The van der Waals surface area contributed by atoms with E-state index in [1.807, 2.05) is 30.3 Å². The predicted octanol–water partition coefficient (Wildman–Crippen LogP) is 1.35. The second-order valence-electron chi connectivity index (χ2n) is 3.31. The van der Waals surface area contributed by atoms with E-state index in [9.17, 15) is 8.42 Å². The van der Waals surface area contributed by atoms with Crippen molar-refractivity contribution in [2.24, 2.45) is 0 Å². The lowest BCUT2D eigenvalue weighted by atomic mass is 10.2. The third-order valence-corrected chi connectivity index (χ3v) is 3.28. The highest BCUT2D eigenvalue weighted by molar-refractivity contribution is 7.94. The molecule has 74 valence electrons. The fourth-order valence-corrected chi connectivity index (χ4v) is 2.50. The van der Waals surface area contributed by atoms with Gasteiger partial charge in [0, 0.05) is 18.2 Å². The van der Waals surface area contributed by atoms with Crippen LogP contribution in [-0.2, 0) is 16.4 Å². The van der Waals surface area contributed by atoms with Gasteiger partial charge in [0.25, 0.3) is 0 Å². The lowest BCUT2D eigenvalue weighted by Gasteiger charge is -2.13. The fraction of sp³-hybridized carbons (Fsp3) is 0.200. The van der Waals surface area contributed by atoms with E-state index in [0.717, 1.165) is 5.56 Å². The molecular weight excluding hydrogens is 198 g/mol. The summed E-state index contributed by atoms with van der Waals surface area (Å²) in [7, 11) is -2.97. The first-order chi connectivity index (χ1) is 6.66.